The lowest BCUT2D eigenvalue weighted by Gasteiger charge is -2.21. The van der Waals surface area contributed by atoms with E-state index in [1.54, 1.807) is 26.0 Å². The van der Waals surface area contributed by atoms with Gasteiger partial charge in [0, 0.05) is 5.92 Å². The fourth-order valence-corrected chi connectivity index (χ4v) is 1.15. The molecule has 0 radical (unpaired) electrons. The van der Waals surface area contributed by atoms with Crippen LogP contribution in [0.1, 0.15) is 26.7 Å². The van der Waals surface area contributed by atoms with Crippen LogP contribution in [-0.2, 0) is 4.79 Å². The van der Waals surface area contributed by atoms with Gasteiger partial charge < -0.3 is 5.32 Å². The maximum atomic E-state index is 11.7. The third-order valence-electron chi connectivity index (χ3n) is 1.99. The first-order chi connectivity index (χ1) is 6.96. The molecule has 1 N–H and O–H groups in total. The maximum Gasteiger partial charge on any atom is 0.224 e. The van der Waals surface area contributed by atoms with Gasteiger partial charge in [-0.05, 0) is 26.7 Å². The van der Waals surface area contributed by atoms with Crippen molar-refractivity contribution < 1.29 is 4.79 Å². The third-order valence-corrected chi connectivity index (χ3v) is 1.99. The van der Waals surface area contributed by atoms with Gasteiger partial charge in [-0.25, -0.2) is 0 Å². The van der Waals surface area contributed by atoms with Crippen LogP contribution in [0, 0.1) is 17.2 Å². The van der Waals surface area contributed by atoms with Crippen LogP contribution in [0.3, 0.4) is 0 Å². The van der Waals surface area contributed by atoms with Crippen molar-refractivity contribution in [2.24, 2.45) is 5.92 Å². The van der Waals surface area contributed by atoms with Gasteiger partial charge in [-0.3, -0.25) is 4.79 Å². The summed E-state index contributed by atoms with van der Waals surface area (Å²) in [6.45, 7) is 10.5. The summed E-state index contributed by atoms with van der Waals surface area (Å²) >= 11 is 0. The summed E-state index contributed by atoms with van der Waals surface area (Å²) in [5, 5.41) is 11.5. The van der Waals surface area contributed by atoms with Gasteiger partial charge in [-0.2, -0.15) is 5.26 Å². The second kappa shape index (κ2) is 6.02. The van der Waals surface area contributed by atoms with E-state index in [4.69, 9.17) is 5.26 Å². The van der Waals surface area contributed by atoms with E-state index in [1.165, 1.54) is 0 Å². The lowest BCUT2D eigenvalue weighted by Crippen LogP contribution is -2.44. The van der Waals surface area contributed by atoms with Crippen LogP contribution in [0.15, 0.2) is 25.3 Å². The van der Waals surface area contributed by atoms with Gasteiger partial charge in [0.25, 0.3) is 0 Å². The lowest BCUT2D eigenvalue weighted by molar-refractivity contribution is -0.125. The number of carbonyl (C=O) groups excluding carboxylic acids is 1. The van der Waals surface area contributed by atoms with Crippen LogP contribution >= 0.6 is 0 Å². The van der Waals surface area contributed by atoms with E-state index in [-0.39, 0.29) is 11.8 Å². The van der Waals surface area contributed by atoms with Gasteiger partial charge in [-0.15, -0.1) is 13.2 Å². The average Bonchev–Trinajstić information content (AvgIpc) is 2.17. The number of rotatable bonds is 6. The van der Waals surface area contributed by atoms with E-state index >= 15 is 0 Å². The molecular weight excluding hydrogens is 188 g/mol. The van der Waals surface area contributed by atoms with Crippen LogP contribution in [-0.4, -0.2) is 11.4 Å². The van der Waals surface area contributed by atoms with Crippen LogP contribution < -0.4 is 5.32 Å². The molecule has 0 aliphatic rings. The smallest absolute Gasteiger partial charge is 0.224 e. The Balaban J connectivity index is 4.45. The van der Waals surface area contributed by atoms with Crippen LogP contribution in [0.25, 0.3) is 0 Å². The average molecular weight is 206 g/mol. The molecule has 0 aromatic rings. The molecule has 0 rings (SSSR count). The van der Waals surface area contributed by atoms with Crippen molar-refractivity contribution in [2.45, 2.75) is 32.2 Å². The zero-order valence-electron chi connectivity index (χ0n) is 9.42. The molecule has 0 aliphatic carbocycles. The lowest BCUT2D eigenvalue weighted by atomic mass is 9.98. The SMILES string of the molecule is C=CCC(CC=C)C(=O)NC(C)(C)C#N. The molecule has 0 heterocycles. The highest BCUT2D eigenvalue weighted by Gasteiger charge is 2.23. The fourth-order valence-electron chi connectivity index (χ4n) is 1.15. The Hall–Kier alpha value is -1.56. The van der Waals surface area contributed by atoms with Gasteiger partial charge in [0.2, 0.25) is 5.91 Å². The first kappa shape index (κ1) is 13.4. The monoisotopic (exact) mass is 206 g/mol. The van der Waals surface area contributed by atoms with E-state index in [1.807, 2.05) is 6.07 Å². The molecule has 0 saturated heterocycles. The highest BCUT2D eigenvalue weighted by Crippen LogP contribution is 2.12. The minimum atomic E-state index is -0.822. The van der Waals surface area contributed by atoms with E-state index in [0.717, 1.165) is 0 Å². The molecule has 1 amide bonds. The number of carbonyl (C=O) groups is 1. The molecule has 0 bridgehead atoms. The largest absolute Gasteiger partial charge is 0.338 e. The Morgan fingerprint density at radius 2 is 1.93 bits per heavy atom. The number of nitrogens with zero attached hydrogens (tertiary/aromatic N) is 1. The molecule has 82 valence electrons. The third kappa shape index (κ3) is 5.02. The quantitative estimate of drug-likeness (QED) is 0.677. The van der Waals surface area contributed by atoms with Crippen molar-refractivity contribution in [1.29, 1.82) is 5.26 Å². The van der Waals surface area contributed by atoms with Gasteiger partial charge in [0.15, 0.2) is 0 Å². The van der Waals surface area contributed by atoms with Crippen molar-refractivity contribution in [3.63, 3.8) is 0 Å². The van der Waals surface area contributed by atoms with Crippen LogP contribution in [0.2, 0.25) is 0 Å². The Morgan fingerprint density at radius 3 is 2.27 bits per heavy atom. The Kier molecular flexibility index (Phi) is 5.40. The minimum Gasteiger partial charge on any atom is -0.338 e. The molecule has 0 fully saturated rings. The summed E-state index contributed by atoms with van der Waals surface area (Å²) in [5.41, 5.74) is -0.822. The molecule has 0 aromatic carbocycles. The molecular formula is C12H18N2O. The van der Waals surface area contributed by atoms with E-state index in [0.29, 0.717) is 12.8 Å². The van der Waals surface area contributed by atoms with Crippen molar-refractivity contribution in [2.75, 3.05) is 0 Å². The van der Waals surface area contributed by atoms with E-state index in [2.05, 4.69) is 18.5 Å². The maximum absolute atomic E-state index is 11.7. The highest BCUT2D eigenvalue weighted by atomic mass is 16.2. The molecule has 15 heavy (non-hydrogen) atoms. The number of nitriles is 1. The normalized spacial score (nSPS) is 10.5. The zero-order valence-corrected chi connectivity index (χ0v) is 9.42. The molecule has 0 atom stereocenters. The Morgan fingerprint density at radius 1 is 1.47 bits per heavy atom. The summed E-state index contributed by atoms with van der Waals surface area (Å²) < 4.78 is 0. The van der Waals surface area contributed by atoms with Gasteiger partial charge in [-0.1, -0.05) is 12.2 Å². The number of allylic oxidation sites excluding steroid dienone is 2. The van der Waals surface area contributed by atoms with Crippen molar-refractivity contribution >= 4 is 5.91 Å². The van der Waals surface area contributed by atoms with Gasteiger partial charge in [0.05, 0.1) is 6.07 Å². The number of hydrogen-bond donors (Lipinski definition) is 1. The number of amides is 1. The fraction of sp³-hybridized carbons (Fsp3) is 0.500. The second-order valence-electron chi connectivity index (χ2n) is 3.97. The summed E-state index contributed by atoms with van der Waals surface area (Å²) in [6.07, 6.45) is 4.60. The first-order valence-electron chi connectivity index (χ1n) is 4.92. The minimum absolute atomic E-state index is 0.124. The molecule has 0 aromatic heterocycles. The van der Waals surface area contributed by atoms with Crippen molar-refractivity contribution in [1.82, 2.24) is 5.32 Å². The molecule has 0 unspecified atom stereocenters. The van der Waals surface area contributed by atoms with Gasteiger partial charge in [0.1, 0.15) is 5.54 Å². The predicted molar refractivity (Wildman–Crippen MR) is 61.0 cm³/mol. The van der Waals surface area contributed by atoms with Gasteiger partial charge >= 0.3 is 0 Å². The summed E-state index contributed by atoms with van der Waals surface area (Å²) in [4.78, 5) is 11.7. The molecule has 0 saturated carbocycles. The van der Waals surface area contributed by atoms with Crippen LogP contribution in [0.4, 0.5) is 0 Å². The van der Waals surface area contributed by atoms with E-state index in [9.17, 15) is 4.79 Å². The van der Waals surface area contributed by atoms with Crippen molar-refractivity contribution in [3.05, 3.63) is 25.3 Å². The molecule has 3 nitrogen and oxygen atoms in total. The topological polar surface area (TPSA) is 52.9 Å². The van der Waals surface area contributed by atoms with Crippen LogP contribution in [0.5, 0.6) is 0 Å². The molecule has 0 spiro atoms. The zero-order chi connectivity index (χ0) is 11.9. The summed E-state index contributed by atoms with van der Waals surface area (Å²) in [5.74, 6) is -0.297. The summed E-state index contributed by atoms with van der Waals surface area (Å²) in [6, 6.07) is 2.03. The second-order valence-corrected chi connectivity index (χ2v) is 3.97. The number of nitrogens with one attached hydrogen (secondary N) is 1. The Bertz CT molecular complexity index is 276. The highest BCUT2D eigenvalue weighted by molar-refractivity contribution is 5.80. The Labute approximate surface area is 91.5 Å². The van der Waals surface area contributed by atoms with E-state index < -0.39 is 5.54 Å². The summed E-state index contributed by atoms with van der Waals surface area (Å²) in [7, 11) is 0. The number of hydrogen-bond acceptors (Lipinski definition) is 2. The predicted octanol–water partition coefficient (Wildman–Crippen LogP) is 2.17. The molecule has 3 heteroatoms. The van der Waals surface area contributed by atoms with Crippen molar-refractivity contribution in [3.8, 4) is 6.07 Å². The standard InChI is InChI=1S/C12H18N2O/c1-5-7-10(8-6-2)11(15)14-12(3,4)9-13/h5-6,10H,1-2,7-8H2,3-4H3,(H,14,15). The molecule has 0 aliphatic heterocycles. The first-order valence-corrected chi connectivity index (χ1v) is 4.92.